The molecule has 0 bridgehead atoms. The molecule has 8 nitrogen and oxygen atoms in total. The van der Waals surface area contributed by atoms with Gasteiger partial charge in [0.1, 0.15) is 23.6 Å². The molecule has 2 fully saturated rings. The number of aromatic amines is 1. The highest BCUT2D eigenvalue weighted by atomic mass is 35.5. The Kier molecular flexibility index (Phi) is 6.84. The second-order valence-corrected chi connectivity index (χ2v) is 9.17. The summed E-state index contributed by atoms with van der Waals surface area (Å²) >= 11 is 6.09. The number of halogens is 2. The highest BCUT2D eigenvalue weighted by Crippen LogP contribution is 2.34. The Labute approximate surface area is 195 Å². The normalized spacial score (nSPS) is 19.9. The zero-order chi connectivity index (χ0) is 23.5. The summed E-state index contributed by atoms with van der Waals surface area (Å²) in [5.74, 6) is -1.67. The zero-order valence-corrected chi connectivity index (χ0v) is 18.7. The smallest absolute Gasteiger partial charge is 0.268 e. The predicted molar refractivity (Wildman–Crippen MR) is 120 cm³/mol. The average Bonchev–Trinajstić information content (AvgIpc) is 3.49. The molecule has 3 amide bonds. The fraction of sp³-hybridized carbons (Fsp3) is 0.478. The lowest BCUT2D eigenvalue weighted by atomic mass is 9.92. The summed E-state index contributed by atoms with van der Waals surface area (Å²) in [6.07, 6.45) is 4.10. The number of nitrogens with one attached hydrogen (secondary N) is 4. The second kappa shape index (κ2) is 9.79. The minimum Gasteiger partial charge on any atom is -0.356 e. The molecule has 1 aromatic heterocycles. The van der Waals surface area contributed by atoms with Gasteiger partial charge in [-0.05, 0) is 49.8 Å². The molecule has 1 aliphatic heterocycles. The summed E-state index contributed by atoms with van der Waals surface area (Å²) in [6, 6.07) is 4.33. The SMILES string of the molecule is N#C[C@H](C[C@@H]1CCCNC1=O)NC(=O)[C@H](CC1CC1)NC(=O)c1cc2c(F)ccc(Cl)c2[nH]1. The molecule has 0 spiro atoms. The first-order valence-corrected chi connectivity index (χ1v) is 11.5. The summed E-state index contributed by atoms with van der Waals surface area (Å²) < 4.78 is 14.1. The van der Waals surface area contributed by atoms with Crippen LogP contribution in [0.2, 0.25) is 5.02 Å². The van der Waals surface area contributed by atoms with Crippen LogP contribution in [0.25, 0.3) is 10.9 Å². The molecule has 2 heterocycles. The predicted octanol–water partition coefficient (Wildman–Crippen LogP) is 2.78. The molecule has 10 heteroatoms. The third-order valence-electron chi connectivity index (χ3n) is 6.21. The van der Waals surface area contributed by atoms with Crippen molar-refractivity contribution in [3.05, 3.63) is 34.7 Å². The Morgan fingerprint density at radius 3 is 2.70 bits per heavy atom. The Bertz CT molecular complexity index is 1080. The van der Waals surface area contributed by atoms with E-state index in [0.717, 1.165) is 19.3 Å². The Hall–Kier alpha value is -3.12. The molecular formula is C23H25ClFN5O3. The fourth-order valence-corrected chi connectivity index (χ4v) is 4.40. The minimum atomic E-state index is -0.854. The molecule has 3 atom stereocenters. The first-order valence-electron chi connectivity index (χ1n) is 11.1. The largest absolute Gasteiger partial charge is 0.356 e. The van der Waals surface area contributed by atoms with Gasteiger partial charge in [-0.15, -0.1) is 0 Å². The maximum absolute atomic E-state index is 14.1. The molecule has 4 N–H and O–H groups in total. The van der Waals surface area contributed by atoms with Gasteiger partial charge in [0, 0.05) is 17.8 Å². The Morgan fingerprint density at radius 1 is 1.24 bits per heavy atom. The number of carbonyl (C=O) groups is 3. The first-order chi connectivity index (χ1) is 15.9. The van der Waals surface area contributed by atoms with Crippen molar-refractivity contribution in [1.29, 1.82) is 5.26 Å². The summed E-state index contributed by atoms with van der Waals surface area (Å²) in [6.45, 7) is 0.622. The van der Waals surface area contributed by atoms with Crippen LogP contribution in [-0.4, -0.2) is 41.3 Å². The summed E-state index contributed by atoms with van der Waals surface area (Å²) in [7, 11) is 0. The van der Waals surface area contributed by atoms with Gasteiger partial charge < -0.3 is 20.9 Å². The lowest BCUT2D eigenvalue weighted by Gasteiger charge is -2.25. The number of benzene rings is 1. The maximum atomic E-state index is 14.1. The summed E-state index contributed by atoms with van der Waals surface area (Å²) in [5, 5.41) is 18.2. The minimum absolute atomic E-state index is 0.0845. The van der Waals surface area contributed by atoms with E-state index in [-0.39, 0.29) is 34.3 Å². The van der Waals surface area contributed by atoms with Gasteiger partial charge >= 0.3 is 0 Å². The number of fused-ring (bicyclic) bond motifs is 1. The van der Waals surface area contributed by atoms with Crippen LogP contribution in [0.5, 0.6) is 0 Å². The first kappa shape index (κ1) is 23.1. The lowest BCUT2D eigenvalue weighted by Crippen LogP contribution is -2.50. The van der Waals surface area contributed by atoms with Gasteiger partial charge in [-0.3, -0.25) is 14.4 Å². The van der Waals surface area contributed by atoms with Gasteiger partial charge in [-0.2, -0.15) is 5.26 Å². The van der Waals surface area contributed by atoms with Gasteiger partial charge in [0.15, 0.2) is 0 Å². The molecule has 2 aromatic rings. The number of rotatable bonds is 8. The van der Waals surface area contributed by atoms with Crippen LogP contribution in [0.1, 0.15) is 49.0 Å². The molecule has 1 saturated carbocycles. The molecular weight excluding hydrogens is 449 g/mol. The number of hydrogen-bond acceptors (Lipinski definition) is 4. The van der Waals surface area contributed by atoms with Crippen molar-refractivity contribution in [2.24, 2.45) is 11.8 Å². The highest BCUT2D eigenvalue weighted by molar-refractivity contribution is 6.35. The van der Waals surface area contributed by atoms with Crippen LogP contribution < -0.4 is 16.0 Å². The molecule has 1 aromatic carbocycles. The number of amides is 3. The molecule has 33 heavy (non-hydrogen) atoms. The highest BCUT2D eigenvalue weighted by Gasteiger charge is 2.33. The van der Waals surface area contributed by atoms with Crippen molar-refractivity contribution in [1.82, 2.24) is 20.9 Å². The second-order valence-electron chi connectivity index (χ2n) is 8.76. The van der Waals surface area contributed by atoms with Crippen LogP contribution >= 0.6 is 11.6 Å². The van der Waals surface area contributed by atoms with Gasteiger partial charge in [0.2, 0.25) is 11.8 Å². The van der Waals surface area contributed by atoms with Gasteiger partial charge in [0.25, 0.3) is 5.91 Å². The van der Waals surface area contributed by atoms with Crippen molar-refractivity contribution < 1.29 is 18.8 Å². The number of H-pyrrole nitrogens is 1. The van der Waals surface area contributed by atoms with Gasteiger partial charge in [-0.25, -0.2) is 4.39 Å². The van der Waals surface area contributed by atoms with E-state index >= 15 is 0 Å². The lowest BCUT2D eigenvalue weighted by molar-refractivity contribution is -0.128. The standard InChI is InChI=1S/C23H25ClFN5O3/c24-16-5-6-17(25)15-10-19(29-20(15)16)23(33)30-18(8-12-3-4-12)22(32)28-14(11-26)9-13-2-1-7-27-21(13)31/h5-6,10,12-14,18,29H,1-4,7-9H2,(H,27,31)(H,28,32)(H,30,33)/t13-,14-,18-/m0/s1. The number of hydrogen-bond donors (Lipinski definition) is 4. The third-order valence-corrected chi connectivity index (χ3v) is 6.53. The Balaban J connectivity index is 1.45. The topological polar surface area (TPSA) is 127 Å². The van der Waals surface area contributed by atoms with E-state index in [2.05, 4.69) is 27.0 Å². The molecule has 4 rings (SSSR count). The molecule has 174 valence electrons. The quantitative estimate of drug-likeness (QED) is 0.470. The van der Waals surface area contributed by atoms with Crippen LogP contribution in [0.15, 0.2) is 18.2 Å². The van der Waals surface area contributed by atoms with Crippen molar-refractivity contribution in [3.8, 4) is 6.07 Å². The van der Waals surface area contributed by atoms with E-state index < -0.39 is 29.7 Å². The van der Waals surface area contributed by atoms with E-state index in [4.69, 9.17) is 11.6 Å². The number of piperidine rings is 1. The number of carbonyl (C=O) groups excluding carboxylic acids is 3. The van der Waals surface area contributed by atoms with Crippen molar-refractivity contribution >= 4 is 40.2 Å². The zero-order valence-electron chi connectivity index (χ0n) is 17.9. The maximum Gasteiger partial charge on any atom is 0.268 e. The molecule has 2 aliphatic rings. The van der Waals surface area contributed by atoms with Crippen molar-refractivity contribution in [2.45, 2.75) is 50.6 Å². The molecule has 0 unspecified atom stereocenters. The number of aromatic nitrogens is 1. The van der Waals surface area contributed by atoms with E-state index in [1.54, 1.807) is 0 Å². The van der Waals surface area contributed by atoms with E-state index in [0.29, 0.717) is 30.8 Å². The van der Waals surface area contributed by atoms with E-state index in [1.165, 1.54) is 18.2 Å². The van der Waals surface area contributed by atoms with Crippen LogP contribution in [0.4, 0.5) is 4.39 Å². The summed E-state index contributed by atoms with van der Waals surface area (Å²) in [5.41, 5.74) is 0.390. The van der Waals surface area contributed by atoms with Crippen molar-refractivity contribution in [3.63, 3.8) is 0 Å². The molecule has 1 aliphatic carbocycles. The molecule has 1 saturated heterocycles. The third kappa shape index (κ3) is 5.45. The Morgan fingerprint density at radius 2 is 2.03 bits per heavy atom. The summed E-state index contributed by atoms with van der Waals surface area (Å²) in [4.78, 5) is 40.7. The molecule has 0 radical (unpaired) electrons. The number of nitrogens with zero attached hydrogens (tertiary/aromatic N) is 1. The van der Waals surface area contributed by atoms with Crippen LogP contribution in [0.3, 0.4) is 0 Å². The van der Waals surface area contributed by atoms with Crippen LogP contribution in [0, 0.1) is 29.0 Å². The van der Waals surface area contributed by atoms with Gasteiger partial charge in [-0.1, -0.05) is 24.4 Å². The van der Waals surface area contributed by atoms with Gasteiger partial charge in [0.05, 0.1) is 16.6 Å². The number of nitriles is 1. The van der Waals surface area contributed by atoms with Crippen molar-refractivity contribution in [2.75, 3.05) is 6.54 Å². The average molecular weight is 474 g/mol. The van der Waals surface area contributed by atoms with E-state index in [1.807, 2.05) is 0 Å². The van der Waals surface area contributed by atoms with Crippen LogP contribution in [-0.2, 0) is 9.59 Å². The van der Waals surface area contributed by atoms with E-state index in [9.17, 15) is 24.0 Å². The monoisotopic (exact) mass is 473 g/mol. The fourth-order valence-electron chi connectivity index (χ4n) is 4.19.